The predicted molar refractivity (Wildman–Crippen MR) is 125 cm³/mol. The average Bonchev–Trinajstić information content (AvgIpc) is 2.67. The summed E-state index contributed by atoms with van der Waals surface area (Å²) < 4.78 is 30.7. The number of carbonyl (C=O) groups is 2. The van der Waals surface area contributed by atoms with Crippen molar-refractivity contribution in [3.63, 3.8) is 0 Å². The van der Waals surface area contributed by atoms with E-state index in [2.05, 4.69) is 12.2 Å². The highest BCUT2D eigenvalue weighted by Crippen LogP contribution is 2.13. The molecule has 0 radical (unpaired) electrons. The molecule has 0 aromatic carbocycles. The molecule has 6 N–H and O–H groups in total. The standard InChI is InChI=1S/C22H43NO6S.H3N/c1-2-3-4-5-6-7-8-9-10-11-12-13-14-15-16-17-18-23-21(24)19-20(22(25)26)30(27,28)29;/h20H,2-19H2,1H3,(H,23,24)(H,25,26)(H,27,28,29);1H3. The zero-order valence-electron chi connectivity index (χ0n) is 19.4. The summed E-state index contributed by atoms with van der Waals surface area (Å²) in [6, 6.07) is 0. The van der Waals surface area contributed by atoms with Gasteiger partial charge in [0.2, 0.25) is 5.91 Å². The van der Waals surface area contributed by atoms with Crippen molar-refractivity contribution in [2.75, 3.05) is 6.54 Å². The van der Waals surface area contributed by atoms with E-state index in [-0.39, 0.29) is 6.15 Å². The maximum atomic E-state index is 11.6. The molecule has 0 spiro atoms. The molecule has 0 rings (SSSR count). The predicted octanol–water partition coefficient (Wildman–Crippen LogP) is 5.26. The Morgan fingerprint density at radius 1 is 0.742 bits per heavy atom. The van der Waals surface area contributed by atoms with Gasteiger partial charge in [-0.05, 0) is 6.42 Å². The third-order valence-electron chi connectivity index (χ3n) is 5.36. The molecule has 0 aromatic rings. The van der Waals surface area contributed by atoms with Crippen molar-refractivity contribution in [1.82, 2.24) is 11.5 Å². The SMILES string of the molecule is CCCCCCCCCCCCCCCCCCNC(=O)CC(C(=O)O)S(=O)(=O)O.N. The molecule has 8 nitrogen and oxygen atoms in total. The van der Waals surface area contributed by atoms with Gasteiger partial charge in [-0.1, -0.05) is 103 Å². The molecule has 0 saturated carbocycles. The quantitative estimate of drug-likeness (QED) is 0.133. The van der Waals surface area contributed by atoms with Crippen LogP contribution in [0.3, 0.4) is 0 Å². The summed E-state index contributed by atoms with van der Waals surface area (Å²) in [5.74, 6) is -2.41. The van der Waals surface area contributed by atoms with Crippen LogP contribution in [-0.2, 0) is 19.7 Å². The van der Waals surface area contributed by atoms with Crippen molar-refractivity contribution < 1.29 is 27.7 Å². The highest BCUT2D eigenvalue weighted by atomic mass is 32.2. The van der Waals surface area contributed by atoms with Crippen LogP contribution in [0.4, 0.5) is 0 Å². The topological polar surface area (TPSA) is 156 Å². The second-order valence-corrected chi connectivity index (χ2v) is 9.80. The van der Waals surface area contributed by atoms with Crippen LogP contribution in [0.25, 0.3) is 0 Å². The highest BCUT2D eigenvalue weighted by molar-refractivity contribution is 7.87. The van der Waals surface area contributed by atoms with E-state index >= 15 is 0 Å². The van der Waals surface area contributed by atoms with Crippen molar-refractivity contribution in [2.45, 2.75) is 121 Å². The van der Waals surface area contributed by atoms with Crippen molar-refractivity contribution in [2.24, 2.45) is 0 Å². The number of unbranched alkanes of at least 4 members (excludes halogenated alkanes) is 15. The molecule has 0 aliphatic rings. The molecule has 0 heterocycles. The number of carbonyl (C=O) groups excluding carboxylic acids is 1. The van der Waals surface area contributed by atoms with Crippen LogP contribution in [0.2, 0.25) is 0 Å². The molecular formula is C22H46N2O6S. The lowest BCUT2D eigenvalue weighted by Gasteiger charge is -2.09. The molecule has 9 heteroatoms. The lowest BCUT2D eigenvalue weighted by atomic mass is 10.0. The fourth-order valence-electron chi connectivity index (χ4n) is 3.46. The van der Waals surface area contributed by atoms with Crippen molar-refractivity contribution in [3.05, 3.63) is 0 Å². The van der Waals surface area contributed by atoms with Gasteiger partial charge < -0.3 is 16.6 Å². The lowest BCUT2D eigenvalue weighted by molar-refractivity contribution is -0.138. The van der Waals surface area contributed by atoms with Crippen LogP contribution < -0.4 is 11.5 Å². The van der Waals surface area contributed by atoms with Crippen molar-refractivity contribution in [3.8, 4) is 0 Å². The molecular weight excluding hydrogens is 420 g/mol. The van der Waals surface area contributed by atoms with Gasteiger partial charge in [0.25, 0.3) is 10.1 Å². The van der Waals surface area contributed by atoms with Crippen molar-refractivity contribution >= 4 is 22.0 Å². The summed E-state index contributed by atoms with van der Waals surface area (Å²) in [5.41, 5.74) is 0. The Hall–Kier alpha value is -1.19. The Morgan fingerprint density at radius 3 is 1.42 bits per heavy atom. The minimum atomic E-state index is -4.78. The molecule has 1 amide bonds. The smallest absolute Gasteiger partial charge is 0.324 e. The molecule has 1 unspecified atom stereocenters. The maximum absolute atomic E-state index is 11.6. The summed E-state index contributed by atoms with van der Waals surface area (Å²) in [6.45, 7) is 2.63. The number of hydrogen-bond acceptors (Lipinski definition) is 5. The normalized spacial score (nSPS) is 12.2. The number of carboxylic acid groups (broad SMARTS) is 1. The summed E-state index contributed by atoms with van der Waals surface area (Å²) >= 11 is 0. The minimum Gasteiger partial charge on any atom is -0.480 e. The summed E-state index contributed by atoms with van der Waals surface area (Å²) in [7, 11) is -4.78. The summed E-state index contributed by atoms with van der Waals surface area (Å²) in [5, 5.41) is 9.16. The third kappa shape index (κ3) is 20.5. The zero-order chi connectivity index (χ0) is 22.7. The lowest BCUT2D eigenvalue weighted by Crippen LogP contribution is -2.36. The molecule has 186 valence electrons. The first-order valence-electron chi connectivity index (χ1n) is 11.7. The number of carboxylic acids is 1. The third-order valence-corrected chi connectivity index (χ3v) is 6.45. The Labute approximate surface area is 189 Å². The first-order chi connectivity index (χ1) is 14.3. The fourth-order valence-corrected chi connectivity index (χ4v) is 4.08. The Balaban J connectivity index is 0. The number of aliphatic carboxylic acids is 1. The van der Waals surface area contributed by atoms with E-state index in [1.165, 1.54) is 83.5 Å². The van der Waals surface area contributed by atoms with Gasteiger partial charge in [-0.25, -0.2) is 0 Å². The molecule has 0 bridgehead atoms. The molecule has 0 aliphatic carbocycles. The van der Waals surface area contributed by atoms with Gasteiger partial charge in [0, 0.05) is 6.54 Å². The van der Waals surface area contributed by atoms with E-state index in [1.807, 2.05) is 0 Å². The second kappa shape index (κ2) is 20.7. The van der Waals surface area contributed by atoms with E-state index in [0.29, 0.717) is 6.54 Å². The van der Waals surface area contributed by atoms with E-state index < -0.39 is 33.7 Å². The van der Waals surface area contributed by atoms with Crippen LogP contribution >= 0.6 is 0 Å². The van der Waals surface area contributed by atoms with E-state index in [0.717, 1.165) is 19.3 Å². The van der Waals surface area contributed by atoms with Crippen LogP contribution in [-0.4, -0.2) is 41.7 Å². The van der Waals surface area contributed by atoms with Crippen molar-refractivity contribution in [1.29, 1.82) is 0 Å². The maximum Gasteiger partial charge on any atom is 0.324 e. The van der Waals surface area contributed by atoms with E-state index in [9.17, 15) is 18.0 Å². The van der Waals surface area contributed by atoms with Gasteiger partial charge in [0.05, 0.1) is 6.42 Å². The molecule has 0 saturated heterocycles. The molecule has 0 aromatic heterocycles. The first kappa shape index (κ1) is 32.0. The highest BCUT2D eigenvalue weighted by Gasteiger charge is 2.33. The second-order valence-electron chi connectivity index (χ2n) is 8.20. The summed E-state index contributed by atoms with van der Waals surface area (Å²) in [4.78, 5) is 22.4. The van der Waals surface area contributed by atoms with Gasteiger partial charge in [-0.15, -0.1) is 0 Å². The minimum absolute atomic E-state index is 0. The van der Waals surface area contributed by atoms with Crippen LogP contribution in [0.15, 0.2) is 0 Å². The van der Waals surface area contributed by atoms with E-state index in [1.54, 1.807) is 0 Å². The molecule has 1 atom stereocenters. The van der Waals surface area contributed by atoms with Gasteiger partial charge in [-0.2, -0.15) is 8.42 Å². The Morgan fingerprint density at radius 2 is 1.10 bits per heavy atom. The first-order valence-corrected chi connectivity index (χ1v) is 13.2. The van der Waals surface area contributed by atoms with Gasteiger partial charge in [0.15, 0.2) is 5.25 Å². The summed E-state index contributed by atoms with van der Waals surface area (Å²) in [6.07, 6.45) is 19.4. The molecule has 0 fully saturated rings. The number of rotatable bonds is 21. The number of amides is 1. The van der Waals surface area contributed by atoms with Crippen LogP contribution in [0, 0.1) is 0 Å². The Bertz CT molecular complexity index is 554. The van der Waals surface area contributed by atoms with Gasteiger partial charge in [0.1, 0.15) is 0 Å². The van der Waals surface area contributed by atoms with Crippen LogP contribution in [0.5, 0.6) is 0 Å². The van der Waals surface area contributed by atoms with Gasteiger partial charge >= 0.3 is 5.97 Å². The largest absolute Gasteiger partial charge is 0.480 e. The fraction of sp³-hybridized carbons (Fsp3) is 0.909. The zero-order valence-corrected chi connectivity index (χ0v) is 20.3. The monoisotopic (exact) mass is 466 g/mol. The van der Waals surface area contributed by atoms with E-state index in [4.69, 9.17) is 9.66 Å². The molecule has 31 heavy (non-hydrogen) atoms. The number of hydrogen-bond donors (Lipinski definition) is 4. The van der Waals surface area contributed by atoms with Gasteiger partial charge in [-0.3, -0.25) is 14.1 Å². The van der Waals surface area contributed by atoms with Crippen LogP contribution in [0.1, 0.15) is 116 Å². The number of nitrogens with one attached hydrogen (secondary N) is 1. The average molecular weight is 467 g/mol. The Kier molecular flexibility index (Phi) is 21.4. The molecule has 0 aliphatic heterocycles.